The van der Waals surface area contributed by atoms with Gasteiger partial charge >= 0.3 is 0 Å². The van der Waals surface area contributed by atoms with Gasteiger partial charge in [0.05, 0.1) is 11.6 Å². The van der Waals surface area contributed by atoms with Crippen molar-refractivity contribution in [2.45, 2.75) is 64.0 Å². The highest BCUT2D eigenvalue weighted by atomic mass is 16.5. The van der Waals surface area contributed by atoms with Gasteiger partial charge in [-0.1, -0.05) is 37.5 Å². The summed E-state index contributed by atoms with van der Waals surface area (Å²) in [5, 5.41) is 0. The highest BCUT2D eigenvalue weighted by molar-refractivity contribution is 5.30. The smallest absolute Gasteiger partial charge is 0.0847 e. The predicted molar refractivity (Wildman–Crippen MR) is 83.6 cm³/mol. The Labute approximate surface area is 122 Å². The number of nitrogens with one attached hydrogen (secondary N) is 1. The van der Waals surface area contributed by atoms with E-state index in [9.17, 15) is 0 Å². The van der Waals surface area contributed by atoms with Crippen LogP contribution in [0.4, 0.5) is 0 Å². The zero-order valence-electron chi connectivity index (χ0n) is 13.0. The molecule has 0 aliphatic heterocycles. The Morgan fingerprint density at radius 1 is 1.20 bits per heavy atom. The molecule has 0 amide bonds. The Hall–Kier alpha value is -0.900. The van der Waals surface area contributed by atoms with Gasteiger partial charge in [0.25, 0.3) is 0 Å². The van der Waals surface area contributed by atoms with Crippen LogP contribution >= 0.6 is 0 Å². The summed E-state index contributed by atoms with van der Waals surface area (Å²) in [6.07, 6.45) is 6.90. The van der Waals surface area contributed by atoms with Gasteiger partial charge in [-0.25, -0.2) is 0 Å². The number of benzene rings is 1. The van der Waals surface area contributed by atoms with E-state index in [0.29, 0.717) is 0 Å². The van der Waals surface area contributed by atoms with Crippen molar-refractivity contribution in [3.8, 4) is 0 Å². The van der Waals surface area contributed by atoms with Gasteiger partial charge in [-0.05, 0) is 49.8 Å². The number of rotatable bonds is 5. The van der Waals surface area contributed by atoms with Crippen LogP contribution in [0.5, 0.6) is 0 Å². The van der Waals surface area contributed by atoms with Crippen LogP contribution in [0, 0.1) is 13.8 Å². The SMILES string of the molecule is COC1(C(Cc2ccc(C)c(C)c2)NN)CCCCC1. The molecule has 1 atom stereocenters. The third-order valence-electron chi connectivity index (χ3n) is 4.95. The van der Waals surface area contributed by atoms with E-state index in [0.717, 1.165) is 19.3 Å². The molecule has 1 aromatic rings. The molecule has 2 rings (SSSR count). The maximum Gasteiger partial charge on any atom is 0.0847 e. The van der Waals surface area contributed by atoms with Gasteiger partial charge in [0.2, 0.25) is 0 Å². The minimum atomic E-state index is -0.105. The van der Waals surface area contributed by atoms with Crippen LogP contribution in [0.15, 0.2) is 18.2 Å². The summed E-state index contributed by atoms with van der Waals surface area (Å²) in [6.45, 7) is 4.31. The van der Waals surface area contributed by atoms with Gasteiger partial charge in [0.15, 0.2) is 0 Å². The molecule has 1 aliphatic carbocycles. The van der Waals surface area contributed by atoms with Gasteiger partial charge < -0.3 is 4.74 Å². The van der Waals surface area contributed by atoms with Crippen molar-refractivity contribution in [3.05, 3.63) is 34.9 Å². The molecule has 1 aliphatic rings. The van der Waals surface area contributed by atoms with E-state index in [1.54, 1.807) is 0 Å². The van der Waals surface area contributed by atoms with Crippen molar-refractivity contribution in [2.75, 3.05) is 7.11 Å². The molecule has 0 bridgehead atoms. The highest BCUT2D eigenvalue weighted by Crippen LogP contribution is 2.35. The molecule has 0 saturated heterocycles. The maximum atomic E-state index is 5.92. The lowest BCUT2D eigenvalue weighted by atomic mass is 9.77. The van der Waals surface area contributed by atoms with Crippen molar-refractivity contribution in [1.29, 1.82) is 0 Å². The van der Waals surface area contributed by atoms with Crippen LogP contribution in [0.1, 0.15) is 48.8 Å². The van der Waals surface area contributed by atoms with Crippen molar-refractivity contribution in [1.82, 2.24) is 5.43 Å². The number of hydrazine groups is 1. The molecule has 1 aromatic carbocycles. The molecular weight excluding hydrogens is 248 g/mol. The molecule has 0 aromatic heterocycles. The molecule has 20 heavy (non-hydrogen) atoms. The molecule has 3 heteroatoms. The Bertz CT molecular complexity index is 439. The van der Waals surface area contributed by atoms with E-state index < -0.39 is 0 Å². The second-order valence-corrected chi connectivity index (χ2v) is 6.17. The summed E-state index contributed by atoms with van der Waals surface area (Å²) in [5.74, 6) is 5.85. The number of methoxy groups -OCH3 is 1. The molecule has 1 unspecified atom stereocenters. The van der Waals surface area contributed by atoms with Crippen LogP contribution < -0.4 is 11.3 Å². The first-order chi connectivity index (χ1) is 9.61. The van der Waals surface area contributed by atoms with E-state index in [1.165, 1.54) is 36.0 Å². The number of ether oxygens (including phenoxy) is 1. The first-order valence-electron chi connectivity index (χ1n) is 7.69. The van der Waals surface area contributed by atoms with E-state index in [2.05, 4.69) is 37.5 Å². The summed E-state index contributed by atoms with van der Waals surface area (Å²) in [7, 11) is 1.83. The number of hydrogen-bond acceptors (Lipinski definition) is 3. The van der Waals surface area contributed by atoms with E-state index in [4.69, 9.17) is 10.6 Å². The molecule has 0 radical (unpaired) electrons. The Morgan fingerprint density at radius 2 is 1.90 bits per heavy atom. The fourth-order valence-electron chi connectivity index (χ4n) is 3.41. The van der Waals surface area contributed by atoms with Crippen LogP contribution in [-0.4, -0.2) is 18.8 Å². The summed E-state index contributed by atoms with van der Waals surface area (Å²) >= 11 is 0. The average Bonchev–Trinajstić information content (AvgIpc) is 2.49. The number of nitrogens with two attached hydrogens (primary N) is 1. The predicted octanol–water partition coefficient (Wildman–Crippen LogP) is 3.03. The van der Waals surface area contributed by atoms with Crippen molar-refractivity contribution in [2.24, 2.45) is 5.84 Å². The van der Waals surface area contributed by atoms with E-state index >= 15 is 0 Å². The second kappa shape index (κ2) is 6.70. The first-order valence-corrected chi connectivity index (χ1v) is 7.69. The highest BCUT2D eigenvalue weighted by Gasteiger charge is 2.39. The van der Waals surface area contributed by atoms with Gasteiger partial charge in [-0.3, -0.25) is 11.3 Å². The quantitative estimate of drug-likeness (QED) is 0.642. The summed E-state index contributed by atoms with van der Waals surface area (Å²) in [5.41, 5.74) is 6.93. The standard InChI is InChI=1S/C17H28N2O/c1-13-7-8-15(11-14(13)2)12-16(19-18)17(20-3)9-5-4-6-10-17/h7-8,11,16,19H,4-6,9-10,12,18H2,1-3H3. The van der Waals surface area contributed by atoms with Crippen molar-refractivity contribution >= 4 is 0 Å². The maximum absolute atomic E-state index is 5.92. The monoisotopic (exact) mass is 276 g/mol. The lowest BCUT2D eigenvalue weighted by Gasteiger charge is -2.42. The van der Waals surface area contributed by atoms with Crippen LogP contribution in [0.25, 0.3) is 0 Å². The minimum absolute atomic E-state index is 0.105. The fourth-order valence-corrected chi connectivity index (χ4v) is 3.41. The molecule has 112 valence electrons. The molecule has 0 spiro atoms. The first kappa shape index (κ1) is 15.5. The van der Waals surface area contributed by atoms with Gasteiger partial charge in [-0.15, -0.1) is 0 Å². The third kappa shape index (κ3) is 3.22. The summed E-state index contributed by atoms with van der Waals surface area (Å²) in [4.78, 5) is 0. The zero-order chi connectivity index (χ0) is 14.6. The molecule has 3 N–H and O–H groups in total. The van der Waals surface area contributed by atoms with Gasteiger partial charge in [0.1, 0.15) is 0 Å². The molecule has 1 saturated carbocycles. The average molecular weight is 276 g/mol. The third-order valence-corrected chi connectivity index (χ3v) is 4.95. The molecule has 3 nitrogen and oxygen atoms in total. The van der Waals surface area contributed by atoms with Crippen LogP contribution in [0.2, 0.25) is 0 Å². The Morgan fingerprint density at radius 3 is 2.45 bits per heavy atom. The summed E-state index contributed by atoms with van der Waals surface area (Å²) < 4.78 is 5.92. The van der Waals surface area contributed by atoms with Gasteiger partial charge in [-0.2, -0.15) is 0 Å². The lowest BCUT2D eigenvalue weighted by Crippen LogP contribution is -2.56. The molecule has 1 fully saturated rings. The van der Waals surface area contributed by atoms with Crippen molar-refractivity contribution < 1.29 is 4.74 Å². The second-order valence-electron chi connectivity index (χ2n) is 6.17. The van der Waals surface area contributed by atoms with E-state index in [-0.39, 0.29) is 11.6 Å². The van der Waals surface area contributed by atoms with Crippen LogP contribution in [-0.2, 0) is 11.2 Å². The molecule has 0 heterocycles. The zero-order valence-corrected chi connectivity index (χ0v) is 13.0. The summed E-state index contributed by atoms with van der Waals surface area (Å²) in [6, 6.07) is 6.85. The normalized spacial score (nSPS) is 19.8. The Balaban J connectivity index is 2.16. The van der Waals surface area contributed by atoms with Crippen molar-refractivity contribution in [3.63, 3.8) is 0 Å². The van der Waals surface area contributed by atoms with Gasteiger partial charge in [0, 0.05) is 7.11 Å². The fraction of sp³-hybridized carbons (Fsp3) is 0.647. The number of aryl methyl sites for hydroxylation is 2. The minimum Gasteiger partial charge on any atom is -0.377 e. The topological polar surface area (TPSA) is 47.3 Å². The van der Waals surface area contributed by atoms with E-state index in [1.807, 2.05) is 7.11 Å². The van der Waals surface area contributed by atoms with Crippen LogP contribution in [0.3, 0.4) is 0 Å². The largest absolute Gasteiger partial charge is 0.377 e. The Kier molecular flexibility index (Phi) is 5.19. The number of hydrogen-bond donors (Lipinski definition) is 2. The lowest BCUT2D eigenvalue weighted by molar-refractivity contribution is -0.0673. The molecular formula is C17H28N2O.